The van der Waals surface area contributed by atoms with Crippen molar-refractivity contribution in [2.75, 3.05) is 44.4 Å². The lowest BCUT2D eigenvalue weighted by Gasteiger charge is -2.31. The van der Waals surface area contributed by atoms with Crippen LogP contribution in [0.5, 0.6) is 17.5 Å². The fraction of sp³-hybridized carbons (Fsp3) is 0.435. The van der Waals surface area contributed by atoms with Gasteiger partial charge in [0.1, 0.15) is 47.7 Å². The van der Waals surface area contributed by atoms with Crippen LogP contribution in [0.15, 0.2) is 83.9 Å². The molecule has 5 fully saturated rings. The number of likely N-dealkylation sites (tertiary alicyclic amines) is 1. The highest BCUT2D eigenvalue weighted by molar-refractivity contribution is 6.04. The van der Waals surface area contributed by atoms with Gasteiger partial charge in [0.2, 0.25) is 11.8 Å². The topological polar surface area (TPSA) is 247 Å². The lowest BCUT2D eigenvalue weighted by molar-refractivity contribution is -0.142. The second-order valence-corrected chi connectivity index (χ2v) is 23.3. The summed E-state index contributed by atoms with van der Waals surface area (Å²) >= 11 is 0. The summed E-state index contributed by atoms with van der Waals surface area (Å²) in [5.41, 5.74) is 5.62. The van der Waals surface area contributed by atoms with E-state index in [1.807, 2.05) is 74.0 Å². The third-order valence-electron chi connectivity index (χ3n) is 17.3. The number of ether oxygens (including phenoxy) is 3. The number of piperazine rings is 1. The summed E-state index contributed by atoms with van der Waals surface area (Å²) < 4.78 is 39.3. The van der Waals surface area contributed by atoms with Crippen LogP contribution in [0.25, 0.3) is 55.1 Å². The number of benzene rings is 4. The van der Waals surface area contributed by atoms with Crippen LogP contribution in [0, 0.1) is 18.7 Å². The van der Waals surface area contributed by atoms with Gasteiger partial charge < -0.3 is 54.9 Å². The highest BCUT2D eigenvalue weighted by atomic mass is 19.1. The predicted molar refractivity (Wildman–Crippen MR) is 309 cm³/mol. The average Bonchev–Trinajstić information content (AvgIpc) is 4.24. The average molecular weight is 1130 g/mol. The molecule has 0 unspecified atom stereocenters. The first kappa shape index (κ1) is 54.3. The summed E-state index contributed by atoms with van der Waals surface area (Å²) in [5.74, 6) is -0.747. The van der Waals surface area contributed by atoms with Gasteiger partial charge in [-0.25, -0.2) is 4.39 Å². The number of hydrogen-bond acceptors (Lipinski definition) is 15. The van der Waals surface area contributed by atoms with Gasteiger partial charge in [-0.2, -0.15) is 20.2 Å². The molecule has 21 heteroatoms. The van der Waals surface area contributed by atoms with Gasteiger partial charge in [0.25, 0.3) is 5.56 Å². The fourth-order valence-electron chi connectivity index (χ4n) is 13.0. The van der Waals surface area contributed by atoms with Gasteiger partial charge in [0.15, 0.2) is 11.3 Å². The smallest absolute Gasteiger partial charge is 0.319 e. The molecule has 4 aliphatic heterocycles. The molecule has 0 spiro atoms. The van der Waals surface area contributed by atoms with Crippen molar-refractivity contribution in [1.29, 1.82) is 0 Å². The number of nitrogens with one attached hydrogen (secondary N) is 3. The Hall–Kier alpha value is -7.98. The van der Waals surface area contributed by atoms with E-state index in [9.17, 15) is 29.7 Å². The summed E-state index contributed by atoms with van der Waals surface area (Å²) in [6.07, 6.45) is 6.37. The number of rotatable bonds is 17. The van der Waals surface area contributed by atoms with E-state index in [1.165, 1.54) is 21.7 Å². The fourth-order valence-corrected chi connectivity index (χ4v) is 13.0. The number of β-amino-alcohol motifs (C(OH)–C–C–N with tert-alkyl or cyclic N) is 1. The van der Waals surface area contributed by atoms with Gasteiger partial charge >= 0.3 is 6.01 Å². The van der Waals surface area contributed by atoms with Gasteiger partial charge in [-0.15, -0.1) is 0 Å². The van der Waals surface area contributed by atoms with Crippen molar-refractivity contribution >= 4 is 50.3 Å². The Labute approximate surface area is 477 Å². The Kier molecular flexibility index (Phi) is 14.4. The second kappa shape index (κ2) is 22.0. The molecule has 8 aromatic rings. The number of hydrogen-bond donors (Lipinski definition) is 6. The van der Waals surface area contributed by atoms with Crippen LogP contribution in [0.2, 0.25) is 0 Å². The minimum atomic E-state index is -1.05. The maximum absolute atomic E-state index is 16.7. The number of phenolic OH excluding ortho intramolecular Hbond substituents is 1. The van der Waals surface area contributed by atoms with Crippen LogP contribution < -0.4 is 30.6 Å². The molecule has 4 saturated heterocycles. The van der Waals surface area contributed by atoms with E-state index in [1.54, 1.807) is 19.3 Å². The van der Waals surface area contributed by atoms with Crippen LogP contribution in [-0.2, 0) is 27.5 Å². The molecule has 1 saturated carbocycles. The van der Waals surface area contributed by atoms with Gasteiger partial charge in [-0.1, -0.05) is 50.2 Å². The van der Waals surface area contributed by atoms with Crippen molar-refractivity contribution in [3.63, 3.8) is 0 Å². The molecule has 6 N–H and O–H groups in total. The summed E-state index contributed by atoms with van der Waals surface area (Å²) in [6, 6.07) is 17.8. The number of pyridine rings is 1. The number of aliphatic hydroxyl groups excluding tert-OH is 2. The lowest BCUT2D eigenvalue weighted by Crippen LogP contribution is -2.50. The minimum absolute atomic E-state index is 0.00798. The van der Waals surface area contributed by atoms with E-state index in [4.69, 9.17) is 29.3 Å². The molecule has 83 heavy (non-hydrogen) atoms. The number of nitrogens with zero attached hydrogens (tertiary/aromatic N) is 8. The summed E-state index contributed by atoms with van der Waals surface area (Å²) in [5, 5.41) is 50.0. The largest absolute Gasteiger partial charge is 0.508 e. The third-order valence-corrected chi connectivity index (χ3v) is 17.3. The molecule has 2 bridgehead atoms. The van der Waals surface area contributed by atoms with Gasteiger partial charge in [-0.3, -0.25) is 23.7 Å². The molecule has 432 valence electrons. The van der Waals surface area contributed by atoms with Crippen LogP contribution in [0.4, 0.5) is 10.2 Å². The number of aromatic nitrogens is 7. The number of carbonyl (C=O) groups is 2. The number of H-pyrrole nitrogens is 1. The first-order valence-electron chi connectivity index (χ1n) is 29.0. The number of aryl methyl sites for hydroxylation is 2. The normalized spacial score (nSPS) is 20.8. The van der Waals surface area contributed by atoms with Gasteiger partial charge in [0.05, 0.1) is 37.7 Å². The Morgan fingerprint density at radius 2 is 1.76 bits per heavy atom. The van der Waals surface area contributed by atoms with Gasteiger partial charge in [-0.05, 0) is 103 Å². The number of fused-ring (bicyclic) bond motifs is 6. The zero-order chi connectivity index (χ0) is 57.4. The molecule has 6 atom stereocenters. The maximum atomic E-state index is 16.7. The first-order chi connectivity index (χ1) is 40.2. The Bertz CT molecular complexity index is 3870. The number of phenols is 1. The summed E-state index contributed by atoms with van der Waals surface area (Å²) in [4.78, 5) is 60.0. The summed E-state index contributed by atoms with van der Waals surface area (Å²) in [7, 11) is 0. The Morgan fingerprint density at radius 1 is 0.952 bits per heavy atom. The molecule has 0 radical (unpaired) electrons. The van der Waals surface area contributed by atoms with Gasteiger partial charge in [0, 0.05) is 103 Å². The second-order valence-electron chi connectivity index (χ2n) is 23.3. The van der Waals surface area contributed by atoms with Crippen LogP contribution >= 0.6 is 0 Å². The molecule has 2 amide bonds. The predicted octanol–water partition coefficient (Wildman–Crippen LogP) is 7.10. The first-order valence-corrected chi connectivity index (χ1v) is 29.0. The maximum Gasteiger partial charge on any atom is 0.319 e. The number of carbonyl (C=O) groups excluding carboxylic acids is 2. The van der Waals surface area contributed by atoms with E-state index in [-0.39, 0.29) is 72.0 Å². The molecule has 4 aromatic carbocycles. The van der Waals surface area contributed by atoms with Crippen molar-refractivity contribution < 1.29 is 43.5 Å². The number of amides is 2. The highest BCUT2D eigenvalue weighted by Crippen LogP contribution is 2.53. The third kappa shape index (κ3) is 10.2. The molecular weight excluding hydrogens is 1060 g/mol. The lowest BCUT2D eigenvalue weighted by atomic mass is 9.91. The highest BCUT2D eigenvalue weighted by Gasteiger charge is 2.44. The molecule has 1 aliphatic carbocycles. The SMILES string of the molecule is CCn1nccc1-c1ccc([C@H](CO)NC(=O)[C@@H]2C[C@@H](O)CN2C(=O)[C@H](C(C)C)n2cc3c(n2)c(=O)[nH]c2cc(COc4c(-c5cc(O)cc(C)c5F)c(C5CC5)cc5c(N6C[C@@H]7C[C@H]6CN7)nc(OC6CCOCC6)nc45)ccc23)cc1. The molecule has 13 rings (SSSR count). The van der Waals surface area contributed by atoms with Crippen LogP contribution in [0.1, 0.15) is 99.6 Å². The van der Waals surface area contributed by atoms with E-state index in [0.29, 0.717) is 82.9 Å². The Balaban J connectivity index is 0.817. The number of anilines is 1. The van der Waals surface area contributed by atoms with E-state index in [2.05, 4.69) is 31.7 Å². The van der Waals surface area contributed by atoms with E-state index >= 15 is 4.39 Å². The molecule has 4 aromatic heterocycles. The van der Waals surface area contributed by atoms with Crippen molar-refractivity contribution in [3.8, 4) is 39.9 Å². The Morgan fingerprint density at radius 3 is 2.48 bits per heavy atom. The molecular formula is C62H68FN11O9. The van der Waals surface area contributed by atoms with E-state index in [0.717, 1.165) is 60.4 Å². The van der Waals surface area contributed by atoms with Crippen molar-refractivity contribution in [3.05, 3.63) is 118 Å². The number of aromatic hydroxyl groups is 1. The van der Waals surface area contributed by atoms with Crippen LogP contribution in [0.3, 0.4) is 0 Å². The summed E-state index contributed by atoms with van der Waals surface area (Å²) in [6.45, 7) is 10.2. The molecule has 8 heterocycles. The minimum Gasteiger partial charge on any atom is -0.508 e. The zero-order valence-electron chi connectivity index (χ0n) is 46.8. The molecule has 5 aliphatic rings. The van der Waals surface area contributed by atoms with Crippen molar-refractivity contribution in [2.24, 2.45) is 5.92 Å². The monoisotopic (exact) mass is 1130 g/mol. The standard InChI is InChI=1S/C62H68FN11O9/c1-5-73-50(14-17-65-73)37-11-9-36(10-12-37)49(30-75)67-59(78)51-24-41(77)28-72(51)61(80)56(32(2)3)74-29-47-43-13-6-34(21-48(43)66-60(79)55(47)70-74)31-82-57-52(45-23-40(76)20-33(4)53(45)63)44(35-7-8-35)25-46-54(57)68-62(83-42-15-18-81-19-16-42)69-58(46)71-27-38-22-39(71)26-64-38/h6,9-14,17,20-21,23,25,29,32,35,38-39,41-42,49,51,56,64,75-77H,5,7-8,15-16,18-19,22,24,26-28,30-31H2,1-4H3,(H,66,79)(H,67,78)/t38-,39-,41+,49-,51-,56-/m0/s1. The van der Waals surface area contributed by atoms with E-state index < -0.39 is 54.0 Å². The molecule has 20 nitrogen and oxygen atoms in total. The quantitative estimate of drug-likeness (QED) is 0.0533. The number of aliphatic hydroxyl groups is 2. The van der Waals surface area contributed by atoms with Crippen molar-refractivity contribution in [2.45, 2.75) is 128 Å². The van der Waals surface area contributed by atoms with Crippen molar-refractivity contribution in [1.82, 2.24) is 50.0 Å². The number of aromatic amines is 1. The zero-order valence-corrected chi connectivity index (χ0v) is 46.8. The number of halogens is 1. The van der Waals surface area contributed by atoms with Crippen LogP contribution in [-0.4, -0.2) is 136 Å².